The van der Waals surface area contributed by atoms with E-state index in [0.29, 0.717) is 16.9 Å². The Labute approximate surface area is 133 Å². The Kier molecular flexibility index (Phi) is 5.46. The SMILES string of the molecule is Cc1ccc(C(=O)N/N=C/c2ccccc2OCC(=O)O)cc1. The summed E-state index contributed by atoms with van der Waals surface area (Å²) in [6, 6.07) is 13.9. The number of benzene rings is 2. The van der Waals surface area contributed by atoms with Crippen LogP contribution in [0.15, 0.2) is 53.6 Å². The molecule has 0 bridgehead atoms. The van der Waals surface area contributed by atoms with E-state index in [0.717, 1.165) is 5.56 Å². The Bertz CT molecular complexity index is 724. The van der Waals surface area contributed by atoms with Crippen LogP contribution in [0.1, 0.15) is 21.5 Å². The van der Waals surface area contributed by atoms with Crippen LogP contribution >= 0.6 is 0 Å². The molecular formula is C17H16N2O4. The molecule has 6 heteroatoms. The van der Waals surface area contributed by atoms with Crippen molar-refractivity contribution in [2.75, 3.05) is 6.61 Å². The second-order valence-electron chi connectivity index (χ2n) is 4.79. The molecule has 2 aromatic rings. The van der Waals surface area contributed by atoms with Crippen molar-refractivity contribution in [1.82, 2.24) is 5.43 Å². The highest BCUT2D eigenvalue weighted by molar-refractivity contribution is 5.95. The molecule has 2 N–H and O–H groups in total. The molecule has 0 aliphatic heterocycles. The highest BCUT2D eigenvalue weighted by atomic mass is 16.5. The maximum atomic E-state index is 11.9. The Morgan fingerprint density at radius 1 is 1.17 bits per heavy atom. The molecule has 1 amide bonds. The molecular weight excluding hydrogens is 296 g/mol. The third kappa shape index (κ3) is 4.96. The first kappa shape index (κ1) is 16.2. The molecule has 23 heavy (non-hydrogen) atoms. The van der Waals surface area contributed by atoms with Crippen LogP contribution in [0.2, 0.25) is 0 Å². The fourth-order valence-corrected chi connectivity index (χ4v) is 1.79. The summed E-state index contributed by atoms with van der Waals surface area (Å²) < 4.78 is 5.15. The molecule has 0 fully saturated rings. The molecule has 0 aliphatic rings. The number of carbonyl (C=O) groups excluding carboxylic acids is 1. The molecule has 0 aromatic heterocycles. The van der Waals surface area contributed by atoms with E-state index in [9.17, 15) is 9.59 Å². The lowest BCUT2D eigenvalue weighted by atomic mass is 10.1. The fourth-order valence-electron chi connectivity index (χ4n) is 1.79. The average molecular weight is 312 g/mol. The van der Waals surface area contributed by atoms with E-state index in [1.165, 1.54) is 6.21 Å². The molecule has 0 saturated heterocycles. The molecule has 0 aliphatic carbocycles. The van der Waals surface area contributed by atoms with Crippen molar-refractivity contribution >= 4 is 18.1 Å². The van der Waals surface area contributed by atoms with Gasteiger partial charge in [0.15, 0.2) is 6.61 Å². The molecule has 0 atom stereocenters. The van der Waals surface area contributed by atoms with E-state index < -0.39 is 12.6 Å². The predicted octanol–water partition coefficient (Wildman–Crippen LogP) is 2.22. The van der Waals surface area contributed by atoms with E-state index in [1.807, 2.05) is 19.1 Å². The first-order valence-electron chi connectivity index (χ1n) is 6.90. The molecule has 2 rings (SSSR count). The molecule has 0 spiro atoms. The van der Waals surface area contributed by atoms with Gasteiger partial charge in [-0.1, -0.05) is 29.8 Å². The third-order valence-corrected chi connectivity index (χ3v) is 2.95. The number of para-hydroxylation sites is 1. The molecule has 0 saturated carbocycles. The van der Waals surface area contributed by atoms with E-state index >= 15 is 0 Å². The zero-order chi connectivity index (χ0) is 16.7. The Balaban J connectivity index is 2.01. The number of rotatable bonds is 6. The monoisotopic (exact) mass is 312 g/mol. The summed E-state index contributed by atoms with van der Waals surface area (Å²) in [7, 11) is 0. The van der Waals surface area contributed by atoms with Crippen molar-refractivity contribution in [3.05, 3.63) is 65.2 Å². The van der Waals surface area contributed by atoms with Crippen LogP contribution in [0.4, 0.5) is 0 Å². The van der Waals surface area contributed by atoms with Crippen LogP contribution in [0.5, 0.6) is 5.75 Å². The number of hydrazone groups is 1. The summed E-state index contributed by atoms with van der Waals surface area (Å²) in [5, 5.41) is 12.5. The van der Waals surface area contributed by atoms with Crippen molar-refractivity contribution in [3.8, 4) is 5.75 Å². The van der Waals surface area contributed by atoms with Crippen molar-refractivity contribution in [1.29, 1.82) is 0 Å². The van der Waals surface area contributed by atoms with Crippen molar-refractivity contribution in [3.63, 3.8) is 0 Å². The Hall–Kier alpha value is -3.15. The number of hydrogen-bond acceptors (Lipinski definition) is 4. The Morgan fingerprint density at radius 3 is 2.57 bits per heavy atom. The van der Waals surface area contributed by atoms with Gasteiger partial charge in [0.25, 0.3) is 5.91 Å². The van der Waals surface area contributed by atoms with Gasteiger partial charge in [0.2, 0.25) is 0 Å². The zero-order valence-corrected chi connectivity index (χ0v) is 12.5. The normalized spacial score (nSPS) is 10.5. The lowest BCUT2D eigenvalue weighted by Gasteiger charge is -2.06. The number of nitrogens with zero attached hydrogens (tertiary/aromatic N) is 1. The van der Waals surface area contributed by atoms with Gasteiger partial charge in [-0.2, -0.15) is 5.10 Å². The zero-order valence-electron chi connectivity index (χ0n) is 12.5. The molecule has 0 heterocycles. The van der Waals surface area contributed by atoms with Crippen molar-refractivity contribution in [2.45, 2.75) is 6.92 Å². The second kappa shape index (κ2) is 7.74. The molecule has 0 radical (unpaired) electrons. The average Bonchev–Trinajstić information content (AvgIpc) is 2.54. The van der Waals surface area contributed by atoms with Gasteiger partial charge in [-0.15, -0.1) is 0 Å². The number of aryl methyl sites for hydroxylation is 1. The van der Waals surface area contributed by atoms with Gasteiger partial charge in [-0.25, -0.2) is 10.2 Å². The fraction of sp³-hybridized carbons (Fsp3) is 0.118. The van der Waals surface area contributed by atoms with Gasteiger partial charge in [-0.05, 0) is 31.2 Å². The van der Waals surface area contributed by atoms with Crippen LogP contribution in [-0.2, 0) is 4.79 Å². The van der Waals surface area contributed by atoms with E-state index in [2.05, 4.69) is 10.5 Å². The third-order valence-electron chi connectivity index (χ3n) is 2.95. The number of carboxylic acid groups (broad SMARTS) is 1. The van der Waals surface area contributed by atoms with Crippen LogP contribution in [-0.4, -0.2) is 29.8 Å². The number of carbonyl (C=O) groups is 2. The predicted molar refractivity (Wildman–Crippen MR) is 85.8 cm³/mol. The van der Waals surface area contributed by atoms with Gasteiger partial charge in [0.05, 0.1) is 6.21 Å². The Morgan fingerprint density at radius 2 is 1.87 bits per heavy atom. The van der Waals surface area contributed by atoms with E-state index in [4.69, 9.17) is 9.84 Å². The van der Waals surface area contributed by atoms with Crippen LogP contribution in [0.25, 0.3) is 0 Å². The van der Waals surface area contributed by atoms with Crippen LogP contribution in [0, 0.1) is 6.92 Å². The molecule has 6 nitrogen and oxygen atoms in total. The number of ether oxygens (including phenoxy) is 1. The molecule has 2 aromatic carbocycles. The maximum Gasteiger partial charge on any atom is 0.341 e. The molecule has 118 valence electrons. The van der Waals surface area contributed by atoms with Crippen LogP contribution < -0.4 is 10.2 Å². The van der Waals surface area contributed by atoms with Crippen molar-refractivity contribution in [2.24, 2.45) is 5.10 Å². The number of carboxylic acids is 1. The smallest absolute Gasteiger partial charge is 0.341 e. The summed E-state index contributed by atoms with van der Waals surface area (Å²) in [5.74, 6) is -1.02. The minimum absolute atomic E-state index is 0.329. The number of hydrogen-bond donors (Lipinski definition) is 2. The quantitative estimate of drug-likeness (QED) is 0.632. The lowest BCUT2D eigenvalue weighted by Crippen LogP contribution is -2.17. The summed E-state index contributed by atoms with van der Waals surface area (Å²) in [5.41, 5.74) is 4.55. The van der Waals surface area contributed by atoms with Gasteiger partial charge < -0.3 is 9.84 Å². The van der Waals surface area contributed by atoms with Gasteiger partial charge >= 0.3 is 5.97 Å². The van der Waals surface area contributed by atoms with E-state index in [-0.39, 0.29) is 5.91 Å². The first-order chi connectivity index (χ1) is 11.1. The highest BCUT2D eigenvalue weighted by Gasteiger charge is 2.05. The number of aliphatic carboxylic acids is 1. The van der Waals surface area contributed by atoms with E-state index in [1.54, 1.807) is 36.4 Å². The van der Waals surface area contributed by atoms with Gasteiger partial charge in [0.1, 0.15) is 5.75 Å². The minimum Gasteiger partial charge on any atom is -0.481 e. The minimum atomic E-state index is -1.07. The summed E-state index contributed by atoms with van der Waals surface area (Å²) >= 11 is 0. The van der Waals surface area contributed by atoms with Crippen molar-refractivity contribution < 1.29 is 19.4 Å². The molecule has 0 unspecified atom stereocenters. The van der Waals surface area contributed by atoms with Gasteiger partial charge in [-0.3, -0.25) is 4.79 Å². The highest BCUT2D eigenvalue weighted by Crippen LogP contribution is 2.15. The largest absolute Gasteiger partial charge is 0.481 e. The van der Waals surface area contributed by atoms with Crippen LogP contribution in [0.3, 0.4) is 0 Å². The summed E-state index contributed by atoms with van der Waals surface area (Å²) in [6.07, 6.45) is 1.41. The standard InChI is InChI=1S/C17H16N2O4/c1-12-6-8-13(9-7-12)17(22)19-18-10-14-4-2-3-5-15(14)23-11-16(20)21/h2-10H,11H2,1H3,(H,19,22)(H,20,21)/b18-10+. The summed E-state index contributed by atoms with van der Waals surface area (Å²) in [6.45, 7) is 1.49. The lowest BCUT2D eigenvalue weighted by molar-refractivity contribution is -0.139. The summed E-state index contributed by atoms with van der Waals surface area (Å²) in [4.78, 5) is 22.5. The number of nitrogens with one attached hydrogen (secondary N) is 1. The topological polar surface area (TPSA) is 88.0 Å². The first-order valence-corrected chi connectivity index (χ1v) is 6.90. The van der Waals surface area contributed by atoms with Gasteiger partial charge in [0, 0.05) is 11.1 Å². The second-order valence-corrected chi connectivity index (χ2v) is 4.79. The maximum absolute atomic E-state index is 11.9. The number of amides is 1.